The standard InChI is InChI=1S/C14H13IN2O.C8H9IN2O.CH4/c1-18-14-13-11(15)9-17(12(13)7-8-16-14)10-5-3-2-4-6-10;1-12-8-7-5(9)4-11-6(7)2-3-10-8;/h2-8,11H,9H2,1H3;2-3,5,11H,4H2,1H3;1H4. The number of hydrogen-bond donors (Lipinski definition) is 1. The summed E-state index contributed by atoms with van der Waals surface area (Å²) in [6.07, 6.45) is 3.57. The highest BCUT2D eigenvalue weighted by Crippen LogP contribution is 2.47. The second kappa shape index (κ2) is 10.7. The summed E-state index contributed by atoms with van der Waals surface area (Å²) in [6, 6.07) is 14.5. The summed E-state index contributed by atoms with van der Waals surface area (Å²) in [5.74, 6) is 1.49. The minimum Gasteiger partial charge on any atom is -0.481 e. The van der Waals surface area contributed by atoms with Crippen molar-refractivity contribution in [1.82, 2.24) is 9.97 Å². The van der Waals surface area contributed by atoms with E-state index < -0.39 is 0 Å². The highest BCUT2D eigenvalue weighted by Gasteiger charge is 2.31. The first-order valence-corrected chi connectivity index (χ1v) is 12.0. The van der Waals surface area contributed by atoms with Crippen LogP contribution in [0.15, 0.2) is 54.9 Å². The zero-order valence-corrected chi connectivity index (χ0v) is 21.0. The van der Waals surface area contributed by atoms with Crippen LogP contribution in [0.4, 0.5) is 17.1 Å². The predicted octanol–water partition coefficient (Wildman–Crippen LogP) is 6.35. The molecule has 8 heteroatoms. The molecule has 0 aliphatic carbocycles. The average molecular weight is 644 g/mol. The van der Waals surface area contributed by atoms with Crippen molar-refractivity contribution in [2.75, 3.05) is 37.5 Å². The van der Waals surface area contributed by atoms with Gasteiger partial charge in [0.2, 0.25) is 11.8 Å². The van der Waals surface area contributed by atoms with E-state index in [2.05, 4.69) is 95.7 Å². The molecule has 3 aromatic rings. The molecular weight excluding hydrogens is 618 g/mol. The van der Waals surface area contributed by atoms with Crippen molar-refractivity contribution in [2.45, 2.75) is 15.3 Å². The number of pyridine rings is 2. The fourth-order valence-electron chi connectivity index (χ4n) is 3.71. The smallest absolute Gasteiger partial charge is 0.219 e. The summed E-state index contributed by atoms with van der Waals surface area (Å²) in [4.78, 5) is 10.8. The van der Waals surface area contributed by atoms with Crippen LogP contribution < -0.4 is 19.7 Å². The first-order valence-electron chi connectivity index (χ1n) is 9.54. The number of anilines is 3. The lowest BCUT2D eigenvalue weighted by Crippen LogP contribution is -2.13. The van der Waals surface area contributed by atoms with Crippen LogP contribution in [0.5, 0.6) is 11.8 Å². The van der Waals surface area contributed by atoms with Crippen LogP contribution >= 0.6 is 45.2 Å². The molecule has 1 N–H and O–H groups in total. The van der Waals surface area contributed by atoms with E-state index in [9.17, 15) is 0 Å². The van der Waals surface area contributed by atoms with E-state index in [1.54, 1.807) is 20.4 Å². The Bertz CT molecular complexity index is 1020. The van der Waals surface area contributed by atoms with E-state index in [1.807, 2.05) is 18.3 Å². The number of benzene rings is 1. The number of halogens is 2. The number of rotatable bonds is 3. The Kier molecular flexibility index (Phi) is 8.20. The molecule has 31 heavy (non-hydrogen) atoms. The van der Waals surface area contributed by atoms with Gasteiger partial charge in [-0.05, 0) is 24.3 Å². The summed E-state index contributed by atoms with van der Waals surface area (Å²) in [5.41, 5.74) is 5.96. The van der Waals surface area contributed by atoms with Gasteiger partial charge in [0.05, 0.1) is 38.9 Å². The molecule has 0 bridgehead atoms. The lowest BCUT2D eigenvalue weighted by atomic mass is 10.2. The Labute approximate surface area is 211 Å². The lowest BCUT2D eigenvalue weighted by Gasteiger charge is -2.19. The zero-order chi connectivity index (χ0) is 21.1. The Balaban J connectivity index is 0.000000183. The van der Waals surface area contributed by atoms with Gasteiger partial charge in [0.25, 0.3) is 0 Å². The van der Waals surface area contributed by atoms with E-state index in [0.29, 0.717) is 7.85 Å². The number of nitrogens with one attached hydrogen (secondary N) is 1. The number of aromatic nitrogens is 2. The van der Waals surface area contributed by atoms with Gasteiger partial charge >= 0.3 is 0 Å². The number of alkyl halides is 2. The molecule has 2 aliphatic heterocycles. The second-order valence-electron chi connectivity index (χ2n) is 6.80. The topological polar surface area (TPSA) is 59.5 Å². The van der Waals surface area contributed by atoms with Crippen LogP contribution in [0.3, 0.4) is 0 Å². The van der Waals surface area contributed by atoms with Crippen LogP contribution in [-0.2, 0) is 0 Å². The zero-order valence-electron chi connectivity index (χ0n) is 16.7. The SMILES string of the molecule is C.COc1nccc2c1C(I)CN2.COc1nccc2c1C(I)CN2c1ccccc1. The minimum absolute atomic E-state index is 0. The van der Waals surface area contributed by atoms with Crippen molar-refractivity contribution in [3.63, 3.8) is 0 Å². The molecule has 5 rings (SSSR count). The van der Waals surface area contributed by atoms with Crippen LogP contribution in [0.2, 0.25) is 0 Å². The summed E-state index contributed by atoms with van der Waals surface area (Å²) in [6.45, 7) is 1.93. The molecule has 2 atom stereocenters. The van der Waals surface area contributed by atoms with Crippen LogP contribution in [0.25, 0.3) is 0 Å². The van der Waals surface area contributed by atoms with Crippen molar-refractivity contribution >= 4 is 62.2 Å². The third kappa shape index (κ3) is 4.84. The first kappa shape index (κ1) is 23.8. The highest BCUT2D eigenvalue weighted by atomic mass is 127. The minimum atomic E-state index is 0. The van der Waals surface area contributed by atoms with Gasteiger partial charge in [-0.15, -0.1) is 0 Å². The molecule has 2 aliphatic rings. The first-order chi connectivity index (χ1) is 14.6. The molecule has 0 fully saturated rings. The molecule has 6 nitrogen and oxygen atoms in total. The van der Waals surface area contributed by atoms with Gasteiger partial charge in [-0.25, -0.2) is 9.97 Å². The fraction of sp³-hybridized carbons (Fsp3) is 0.304. The Morgan fingerprint density at radius 1 is 0.903 bits per heavy atom. The van der Waals surface area contributed by atoms with Crippen molar-refractivity contribution < 1.29 is 9.47 Å². The molecule has 0 saturated carbocycles. The molecule has 0 amide bonds. The summed E-state index contributed by atoms with van der Waals surface area (Å²) in [7, 11) is 3.33. The highest BCUT2D eigenvalue weighted by molar-refractivity contribution is 14.1. The largest absolute Gasteiger partial charge is 0.481 e. The summed E-state index contributed by atoms with van der Waals surface area (Å²) >= 11 is 4.84. The monoisotopic (exact) mass is 644 g/mol. The number of methoxy groups -OCH3 is 2. The maximum atomic E-state index is 5.37. The number of nitrogens with zero attached hydrogens (tertiary/aromatic N) is 3. The Hall–Kier alpha value is -1.82. The summed E-state index contributed by atoms with van der Waals surface area (Å²) in [5, 5.41) is 3.30. The molecule has 0 spiro atoms. The van der Waals surface area contributed by atoms with Gasteiger partial charge in [0.1, 0.15) is 0 Å². The van der Waals surface area contributed by atoms with Gasteiger partial charge < -0.3 is 19.7 Å². The lowest BCUT2D eigenvalue weighted by molar-refractivity contribution is 0.394. The van der Waals surface area contributed by atoms with E-state index in [1.165, 1.54) is 22.5 Å². The maximum absolute atomic E-state index is 5.37. The second-order valence-corrected chi connectivity index (χ2v) is 9.80. The number of fused-ring (bicyclic) bond motifs is 2. The van der Waals surface area contributed by atoms with E-state index in [0.717, 1.165) is 30.5 Å². The Morgan fingerprint density at radius 3 is 2.23 bits per heavy atom. The fourth-order valence-corrected chi connectivity index (χ4v) is 5.52. The molecular formula is C23H26I2N4O2. The van der Waals surface area contributed by atoms with E-state index in [4.69, 9.17) is 9.47 Å². The van der Waals surface area contributed by atoms with Crippen LogP contribution in [-0.4, -0.2) is 37.3 Å². The maximum Gasteiger partial charge on any atom is 0.219 e. The molecule has 2 unspecified atom stereocenters. The van der Waals surface area contributed by atoms with Crippen LogP contribution in [0.1, 0.15) is 26.4 Å². The molecule has 0 radical (unpaired) electrons. The quantitative estimate of drug-likeness (QED) is 0.265. The molecule has 164 valence electrons. The number of hydrogen-bond acceptors (Lipinski definition) is 6. The van der Waals surface area contributed by atoms with Gasteiger partial charge in [-0.3, -0.25) is 0 Å². The van der Waals surface area contributed by atoms with E-state index >= 15 is 0 Å². The third-order valence-corrected chi connectivity index (χ3v) is 7.15. The summed E-state index contributed by atoms with van der Waals surface area (Å²) < 4.78 is 11.4. The molecule has 4 heterocycles. The van der Waals surface area contributed by atoms with E-state index in [-0.39, 0.29) is 7.43 Å². The van der Waals surface area contributed by atoms with Gasteiger partial charge in [-0.1, -0.05) is 70.8 Å². The molecule has 1 aromatic carbocycles. The number of para-hydroxylation sites is 1. The van der Waals surface area contributed by atoms with Crippen molar-refractivity contribution in [2.24, 2.45) is 0 Å². The van der Waals surface area contributed by atoms with Crippen molar-refractivity contribution in [3.8, 4) is 11.8 Å². The molecule has 0 saturated heterocycles. The normalized spacial score (nSPS) is 18.0. The van der Waals surface area contributed by atoms with Crippen LogP contribution in [0, 0.1) is 0 Å². The Morgan fingerprint density at radius 2 is 1.55 bits per heavy atom. The number of ether oxygens (including phenoxy) is 2. The van der Waals surface area contributed by atoms with Crippen molar-refractivity contribution in [1.29, 1.82) is 0 Å². The third-order valence-electron chi connectivity index (χ3n) is 5.07. The van der Waals surface area contributed by atoms with Crippen molar-refractivity contribution in [3.05, 3.63) is 66.0 Å². The average Bonchev–Trinajstić information content (AvgIpc) is 3.35. The van der Waals surface area contributed by atoms with Gasteiger partial charge in [-0.2, -0.15) is 0 Å². The predicted molar refractivity (Wildman–Crippen MR) is 144 cm³/mol. The molecule has 2 aromatic heterocycles. The van der Waals surface area contributed by atoms with Gasteiger partial charge in [0.15, 0.2) is 0 Å². The van der Waals surface area contributed by atoms with Gasteiger partial charge in [0, 0.05) is 36.9 Å².